The summed E-state index contributed by atoms with van der Waals surface area (Å²) in [5.74, 6) is -0.497. The second kappa shape index (κ2) is 11.1. The molecule has 34 heavy (non-hydrogen) atoms. The lowest BCUT2D eigenvalue weighted by atomic mass is 10.2. The zero-order chi connectivity index (χ0) is 24.2. The summed E-state index contributed by atoms with van der Waals surface area (Å²) in [5.41, 5.74) is 1.96. The van der Waals surface area contributed by atoms with Crippen molar-refractivity contribution < 1.29 is 14.3 Å². The number of carbonyl (C=O) groups is 2. The first-order valence-corrected chi connectivity index (χ1v) is 12.8. The van der Waals surface area contributed by atoms with Crippen LogP contribution in [0, 0.1) is 3.57 Å². The molecule has 5 nitrogen and oxygen atoms in total. The Hall–Kier alpha value is -2.04. The fourth-order valence-corrected chi connectivity index (χ4v) is 4.84. The third-order valence-electron chi connectivity index (χ3n) is 4.56. The molecule has 1 saturated heterocycles. The molecule has 0 aromatic heterocycles. The van der Waals surface area contributed by atoms with Crippen LogP contribution in [-0.4, -0.2) is 17.0 Å². The van der Waals surface area contributed by atoms with E-state index in [0.29, 0.717) is 43.5 Å². The second-order valence-electron chi connectivity index (χ2n) is 7.02. The van der Waals surface area contributed by atoms with E-state index < -0.39 is 5.91 Å². The van der Waals surface area contributed by atoms with Gasteiger partial charge < -0.3 is 10.1 Å². The highest BCUT2D eigenvalue weighted by Gasteiger charge is 2.25. The average molecular weight is 644 g/mol. The van der Waals surface area contributed by atoms with Crippen molar-refractivity contribution >= 4 is 92.2 Å². The maximum absolute atomic E-state index is 12.4. The molecule has 1 fully saturated rings. The van der Waals surface area contributed by atoms with Crippen molar-refractivity contribution in [1.29, 1.82) is 0 Å². The summed E-state index contributed by atoms with van der Waals surface area (Å²) >= 11 is 21.9. The van der Waals surface area contributed by atoms with Gasteiger partial charge in [-0.2, -0.15) is 4.99 Å². The van der Waals surface area contributed by atoms with Gasteiger partial charge in [-0.3, -0.25) is 9.59 Å². The molecule has 3 aromatic carbocycles. The number of ether oxygens (including phenoxy) is 1. The van der Waals surface area contributed by atoms with E-state index in [1.807, 2.05) is 24.3 Å². The van der Waals surface area contributed by atoms with Gasteiger partial charge in [0.05, 0.1) is 15.0 Å². The summed E-state index contributed by atoms with van der Waals surface area (Å²) in [6.07, 6.45) is 1.62. The number of nitrogens with one attached hydrogen (secondary N) is 1. The Morgan fingerprint density at radius 1 is 1.03 bits per heavy atom. The number of amides is 2. The number of carbonyl (C=O) groups excluding carboxylic acids is 2. The molecule has 10 heteroatoms. The minimum absolute atomic E-state index is 0.186. The molecule has 0 spiro atoms. The van der Waals surface area contributed by atoms with E-state index in [4.69, 9.17) is 39.5 Å². The highest BCUT2D eigenvalue weighted by atomic mass is 127. The number of hydrogen-bond acceptors (Lipinski definition) is 4. The van der Waals surface area contributed by atoms with Gasteiger partial charge in [0.25, 0.3) is 11.8 Å². The standard InChI is InChI=1S/C24H14Cl3IN2O3S/c25-16-5-3-15(4-6-16)22(31)29-24-30-23(32)20(34-24)11-14-9-18(26)21(19(27)10-14)33-12-13-1-7-17(28)8-2-13/h1-11H,12H2,(H,29,30,31,32)/b20-11-. The topological polar surface area (TPSA) is 67.8 Å². The lowest BCUT2D eigenvalue weighted by Gasteiger charge is -2.11. The highest BCUT2D eigenvalue weighted by molar-refractivity contribution is 14.1. The molecular formula is C24H14Cl3IN2O3S. The van der Waals surface area contributed by atoms with E-state index in [1.165, 1.54) is 0 Å². The molecule has 172 valence electrons. The lowest BCUT2D eigenvalue weighted by Crippen LogP contribution is -2.20. The average Bonchev–Trinajstić information content (AvgIpc) is 3.13. The van der Waals surface area contributed by atoms with Crippen LogP contribution in [0.3, 0.4) is 0 Å². The summed E-state index contributed by atoms with van der Waals surface area (Å²) in [7, 11) is 0. The number of amidine groups is 1. The van der Waals surface area contributed by atoms with Crippen LogP contribution in [0.5, 0.6) is 5.75 Å². The van der Waals surface area contributed by atoms with Crippen molar-refractivity contribution in [3.05, 3.63) is 101 Å². The van der Waals surface area contributed by atoms with Gasteiger partial charge in [0, 0.05) is 14.2 Å². The summed E-state index contributed by atoms with van der Waals surface area (Å²) < 4.78 is 6.94. The van der Waals surface area contributed by atoms with Crippen molar-refractivity contribution in [1.82, 2.24) is 5.32 Å². The van der Waals surface area contributed by atoms with Gasteiger partial charge in [0.15, 0.2) is 10.9 Å². The van der Waals surface area contributed by atoms with Crippen LogP contribution in [0.2, 0.25) is 15.1 Å². The molecule has 0 saturated carbocycles. The first-order valence-electron chi connectivity index (χ1n) is 9.74. The van der Waals surface area contributed by atoms with Crippen LogP contribution in [0.15, 0.2) is 70.6 Å². The Bertz CT molecular complexity index is 1300. The molecule has 1 aliphatic heterocycles. The summed E-state index contributed by atoms with van der Waals surface area (Å²) in [4.78, 5) is 29.0. The van der Waals surface area contributed by atoms with E-state index >= 15 is 0 Å². The first kappa shape index (κ1) is 25.1. The fourth-order valence-electron chi connectivity index (χ4n) is 2.92. The first-order chi connectivity index (χ1) is 16.3. The molecule has 3 aromatic rings. The summed E-state index contributed by atoms with van der Waals surface area (Å²) in [5, 5.41) is 3.93. The minimum atomic E-state index is -0.485. The third kappa shape index (κ3) is 6.34. The van der Waals surface area contributed by atoms with Gasteiger partial charge in [0.1, 0.15) is 6.61 Å². The Morgan fingerprint density at radius 2 is 1.68 bits per heavy atom. The Morgan fingerprint density at radius 3 is 2.32 bits per heavy atom. The maximum atomic E-state index is 12.4. The number of rotatable bonds is 5. The van der Waals surface area contributed by atoms with Gasteiger partial charge in [-0.05, 0) is 100 Å². The van der Waals surface area contributed by atoms with Crippen molar-refractivity contribution in [3.8, 4) is 5.75 Å². The zero-order valence-electron chi connectivity index (χ0n) is 17.2. The van der Waals surface area contributed by atoms with Gasteiger partial charge >= 0.3 is 0 Å². The smallest absolute Gasteiger partial charge is 0.279 e. The molecular weight excluding hydrogens is 630 g/mol. The summed E-state index contributed by atoms with van der Waals surface area (Å²) in [6, 6.07) is 17.6. The Balaban J connectivity index is 1.47. The van der Waals surface area contributed by atoms with E-state index in [0.717, 1.165) is 20.9 Å². The number of halogens is 4. The van der Waals surface area contributed by atoms with Crippen LogP contribution in [0.1, 0.15) is 21.5 Å². The zero-order valence-corrected chi connectivity index (χ0v) is 22.4. The van der Waals surface area contributed by atoms with E-state index in [2.05, 4.69) is 32.9 Å². The highest BCUT2D eigenvalue weighted by Crippen LogP contribution is 2.36. The number of thioether (sulfide) groups is 1. The predicted octanol–water partition coefficient (Wildman–Crippen LogP) is 7.23. The lowest BCUT2D eigenvalue weighted by molar-refractivity contribution is -0.115. The molecule has 0 bridgehead atoms. The monoisotopic (exact) mass is 642 g/mol. The molecule has 0 radical (unpaired) electrons. The maximum Gasteiger partial charge on any atom is 0.279 e. The molecule has 2 amide bonds. The number of hydrogen-bond donors (Lipinski definition) is 1. The van der Waals surface area contributed by atoms with Crippen LogP contribution in [-0.2, 0) is 11.4 Å². The molecule has 1 aliphatic rings. The molecule has 4 rings (SSSR count). The minimum Gasteiger partial charge on any atom is -0.486 e. The van der Waals surface area contributed by atoms with Gasteiger partial charge in [-0.1, -0.05) is 46.9 Å². The molecule has 1 heterocycles. The van der Waals surface area contributed by atoms with Crippen molar-refractivity contribution in [2.45, 2.75) is 6.61 Å². The van der Waals surface area contributed by atoms with Gasteiger partial charge in [-0.15, -0.1) is 0 Å². The van der Waals surface area contributed by atoms with Crippen molar-refractivity contribution in [3.63, 3.8) is 0 Å². The Kier molecular flexibility index (Phi) is 8.21. The van der Waals surface area contributed by atoms with Crippen molar-refractivity contribution in [2.24, 2.45) is 4.99 Å². The molecule has 1 N–H and O–H groups in total. The SMILES string of the molecule is O=C1NC(=NC(=O)c2ccc(Cl)cc2)S/C1=C\c1cc(Cl)c(OCc2ccc(I)cc2)c(Cl)c1. The predicted molar refractivity (Wildman–Crippen MR) is 147 cm³/mol. The fraction of sp³-hybridized carbons (Fsp3) is 0.0417. The number of aliphatic imine (C=N–C) groups is 1. The number of benzene rings is 3. The molecule has 0 atom stereocenters. The van der Waals surface area contributed by atoms with E-state index in [9.17, 15) is 9.59 Å². The summed E-state index contributed by atoms with van der Waals surface area (Å²) in [6.45, 7) is 0.316. The quantitative estimate of drug-likeness (QED) is 0.235. The molecule has 0 aliphatic carbocycles. The normalized spacial score (nSPS) is 15.6. The third-order valence-corrected chi connectivity index (χ3v) is 7.00. The second-order valence-corrected chi connectivity index (χ2v) is 10.5. The van der Waals surface area contributed by atoms with E-state index in [-0.39, 0.29) is 11.1 Å². The van der Waals surface area contributed by atoms with Crippen molar-refractivity contribution in [2.75, 3.05) is 0 Å². The van der Waals surface area contributed by atoms with Crippen LogP contribution < -0.4 is 10.1 Å². The van der Waals surface area contributed by atoms with Crippen LogP contribution in [0.25, 0.3) is 6.08 Å². The Labute approximate surface area is 228 Å². The van der Waals surface area contributed by atoms with Gasteiger partial charge in [-0.25, -0.2) is 0 Å². The van der Waals surface area contributed by atoms with Crippen LogP contribution >= 0.6 is 69.2 Å². The van der Waals surface area contributed by atoms with Gasteiger partial charge in [0.2, 0.25) is 0 Å². The van der Waals surface area contributed by atoms with E-state index in [1.54, 1.807) is 42.5 Å². The number of nitrogens with zero attached hydrogens (tertiary/aromatic N) is 1. The van der Waals surface area contributed by atoms with Crippen LogP contribution in [0.4, 0.5) is 0 Å². The molecule has 0 unspecified atom stereocenters. The largest absolute Gasteiger partial charge is 0.486 e.